The lowest BCUT2D eigenvalue weighted by atomic mass is 10.1. The second-order valence-electron chi connectivity index (χ2n) is 2.92. The van der Waals surface area contributed by atoms with Gasteiger partial charge in [-0.1, -0.05) is 11.6 Å². The Balaban J connectivity index is 2.61. The summed E-state index contributed by atoms with van der Waals surface area (Å²) in [6, 6.07) is 5.08. The zero-order valence-electron chi connectivity index (χ0n) is 7.68. The average molecular weight is 222 g/mol. The summed E-state index contributed by atoms with van der Waals surface area (Å²) in [5, 5.41) is 11.9. The highest BCUT2D eigenvalue weighted by Crippen LogP contribution is 2.18. The molecule has 0 aliphatic carbocycles. The maximum absolute atomic E-state index is 7.43. The minimum Gasteiger partial charge on any atom is -0.384 e. The molecule has 0 bridgehead atoms. The van der Waals surface area contributed by atoms with Gasteiger partial charge in [0.2, 0.25) is 0 Å². The van der Waals surface area contributed by atoms with E-state index < -0.39 is 0 Å². The number of nitrogens with one attached hydrogen (secondary N) is 1. The van der Waals surface area contributed by atoms with Gasteiger partial charge in [-0.25, -0.2) is 9.67 Å². The topological polar surface area (TPSA) is 80.6 Å². The number of halogens is 1. The molecule has 0 radical (unpaired) electrons. The van der Waals surface area contributed by atoms with Crippen molar-refractivity contribution in [3.63, 3.8) is 0 Å². The molecule has 2 aromatic rings. The predicted molar refractivity (Wildman–Crippen MR) is 57.4 cm³/mol. The minimum atomic E-state index is -0.0528. The molecule has 1 aromatic heterocycles. The van der Waals surface area contributed by atoms with Crippen molar-refractivity contribution in [3.05, 3.63) is 41.4 Å². The van der Waals surface area contributed by atoms with E-state index in [1.54, 1.807) is 18.2 Å². The molecule has 0 aliphatic rings. The van der Waals surface area contributed by atoms with Crippen LogP contribution in [0, 0.1) is 5.41 Å². The van der Waals surface area contributed by atoms with Crippen LogP contribution in [0.4, 0.5) is 0 Å². The van der Waals surface area contributed by atoms with Crippen molar-refractivity contribution in [3.8, 4) is 5.69 Å². The molecule has 1 aromatic carbocycles. The Morgan fingerprint density at radius 3 is 2.87 bits per heavy atom. The molecule has 6 heteroatoms. The molecule has 1 heterocycles. The van der Waals surface area contributed by atoms with Crippen LogP contribution < -0.4 is 5.73 Å². The highest BCUT2D eigenvalue weighted by molar-refractivity contribution is 6.31. The number of nitrogen functional groups attached to an aromatic ring is 1. The first-order chi connectivity index (χ1) is 7.18. The molecule has 0 saturated carbocycles. The number of nitrogens with zero attached hydrogens (tertiary/aromatic N) is 3. The normalized spacial score (nSPS) is 10.2. The van der Waals surface area contributed by atoms with Crippen molar-refractivity contribution >= 4 is 17.4 Å². The van der Waals surface area contributed by atoms with Crippen LogP contribution in [0.5, 0.6) is 0 Å². The first-order valence-corrected chi connectivity index (χ1v) is 4.55. The zero-order chi connectivity index (χ0) is 10.8. The van der Waals surface area contributed by atoms with Gasteiger partial charge >= 0.3 is 0 Å². The molecule has 0 amide bonds. The van der Waals surface area contributed by atoms with Crippen molar-refractivity contribution in [1.29, 1.82) is 5.41 Å². The Kier molecular flexibility index (Phi) is 2.39. The molecule has 76 valence electrons. The third kappa shape index (κ3) is 1.82. The standard InChI is InChI=1S/C9H8ClN5/c10-6-1-2-8(7(3-6)9(11)12)15-5-13-4-14-15/h1-5H,(H3,11,12). The van der Waals surface area contributed by atoms with Crippen LogP contribution in [0.25, 0.3) is 5.69 Å². The molecule has 0 atom stereocenters. The highest BCUT2D eigenvalue weighted by atomic mass is 35.5. The summed E-state index contributed by atoms with van der Waals surface area (Å²) >= 11 is 5.82. The van der Waals surface area contributed by atoms with Gasteiger partial charge in [0.15, 0.2) is 0 Å². The lowest BCUT2D eigenvalue weighted by Crippen LogP contribution is -2.15. The van der Waals surface area contributed by atoms with Crippen molar-refractivity contribution < 1.29 is 0 Å². The largest absolute Gasteiger partial charge is 0.384 e. The molecule has 2 rings (SSSR count). The fourth-order valence-electron chi connectivity index (χ4n) is 1.26. The first kappa shape index (κ1) is 9.67. The van der Waals surface area contributed by atoms with Crippen LogP contribution >= 0.6 is 11.6 Å². The molecular formula is C9H8ClN5. The molecule has 0 unspecified atom stereocenters. The van der Waals surface area contributed by atoms with E-state index in [4.69, 9.17) is 22.7 Å². The Bertz CT molecular complexity index is 491. The molecular weight excluding hydrogens is 214 g/mol. The summed E-state index contributed by atoms with van der Waals surface area (Å²) in [5.41, 5.74) is 6.67. The Hall–Kier alpha value is -1.88. The smallest absolute Gasteiger partial charge is 0.138 e. The molecule has 15 heavy (non-hydrogen) atoms. The summed E-state index contributed by atoms with van der Waals surface area (Å²) in [7, 11) is 0. The van der Waals surface area contributed by atoms with Crippen LogP contribution in [0.3, 0.4) is 0 Å². The lowest BCUT2D eigenvalue weighted by Gasteiger charge is -2.07. The van der Waals surface area contributed by atoms with E-state index in [1.807, 2.05) is 0 Å². The Morgan fingerprint density at radius 1 is 1.47 bits per heavy atom. The van der Waals surface area contributed by atoms with Gasteiger partial charge in [-0.15, -0.1) is 0 Å². The number of hydrogen-bond donors (Lipinski definition) is 2. The van der Waals surface area contributed by atoms with Gasteiger partial charge in [0.25, 0.3) is 0 Å². The number of amidine groups is 1. The number of benzene rings is 1. The number of aromatic nitrogens is 3. The quantitative estimate of drug-likeness (QED) is 0.591. The Morgan fingerprint density at radius 2 is 2.27 bits per heavy atom. The predicted octanol–water partition coefficient (Wildman–Crippen LogP) is 1.20. The van der Waals surface area contributed by atoms with Crippen LogP contribution in [-0.4, -0.2) is 20.6 Å². The fourth-order valence-corrected chi connectivity index (χ4v) is 1.43. The van der Waals surface area contributed by atoms with Gasteiger partial charge in [-0.05, 0) is 18.2 Å². The van der Waals surface area contributed by atoms with Crippen LogP contribution in [0.2, 0.25) is 5.02 Å². The van der Waals surface area contributed by atoms with Gasteiger partial charge in [0.05, 0.1) is 5.69 Å². The molecule has 0 fully saturated rings. The molecule has 0 aliphatic heterocycles. The number of rotatable bonds is 2. The van der Waals surface area contributed by atoms with E-state index >= 15 is 0 Å². The van der Waals surface area contributed by atoms with E-state index in [1.165, 1.54) is 17.3 Å². The van der Waals surface area contributed by atoms with Gasteiger partial charge < -0.3 is 5.73 Å². The van der Waals surface area contributed by atoms with Gasteiger partial charge in [0.1, 0.15) is 18.5 Å². The van der Waals surface area contributed by atoms with Gasteiger partial charge in [0, 0.05) is 10.6 Å². The van der Waals surface area contributed by atoms with Crippen molar-refractivity contribution in [2.75, 3.05) is 0 Å². The summed E-state index contributed by atoms with van der Waals surface area (Å²) < 4.78 is 1.53. The number of hydrogen-bond acceptors (Lipinski definition) is 3. The van der Waals surface area contributed by atoms with Crippen LogP contribution in [-0.2, 0) is 0 Å². The van der Waals surface area contributed by atoms with Crippen LogP contribution in [0.15, 0.2) is 30.9 Å². The fraction of sp³-hybridized carbons (Fsp3) is 0. The summed E-state index contributed by atoms with van der Waals surface area (Å²) in [6.45, 7) is 0. The third-order valence-corrected chi connectivity index (χ3v) is 2.15. The second-order valence-corrected chi connectivity index (χ2v) is 3.35. The summed E-state index contributed by atoms with van der Waals surface area (Å²) in [5.74, 6) is -0.0528. The minimum absolute atomic E-state index is 0.0528. The SMILES string of the molecule is N=C(N)c1cc(Cl)ccc1-n1cncn1. The first-order valence-electron chi connectivity index (χ1n) is 4.17. The molecule has 0 saturated heterocycles. The van der Waals surface area contributed by atoms with Crippen LogP contribution in [0.1, 0.15) is 5.56 Å². The van der Waals surface area contributed by atoms with Gasteiger partial charge in [-0.3, -0.25) is 5.41 Å². The van der Waals surface area contributed by atoms with E-state index in [9.17, 15) is 0 Å². The number of nitrogens with two attached hydrogens (primary N) is 1. The van der Waals surface area contributed by atoms with E-state index in [0.717, 1.165) is 0 Å². The molecule has 3 N–H and O–H groups in total. The summed E-state index contributed by atoms with van der Waals surface area (Å²) in [6.07, 6.45) is 2.95. The Labute approximate surface area is 91.0 Å². The third-order valence-electron chi connectivity index (χ3n) is 1.91. The zero-order valence-corrected chi connectivity index (χ0v) is 8.44. The van der Waals surface area contributed by atoms with E-state index in [-0.39, 0.29) is 5.84 Å². The van der Waals surface area contributed by atoms with Crippen molar-refractivity contribution in [2.45, 2.75) is 0 Å². The van der Waals surface area contributed by atoms with E-state index in [0.29, 0.717) is 16.3 Å². The highest BCUT2D eigenvalue weighted by Gasteiger charge is 2.08. The monoisotopic (exact) mass is 221 g/mol. The summed E-state index contributed by atoms with van der Waals surface area (Å²) in [4.78, 5) is 3.83. The molecule has 0 spiro atoms. The van der Waals surface area contributed by atoms with Crippen molar-refractivity contribution in [2.24, 2.45) is 5.73 Å². The maximum Gasteiger partial charge on any atom is 0.138 e. The average Bonchev–Trinajstić information content (AvgIpc) is 2.70. The maximum atomic E-state index is 7.43. The lowest BCUT2D eigenvalue weighted by molar-refractivity contribution is 0.876. The molecule has 5 nitrogen and oxygen atoms in total. The van der Waals surface area contributed by atoms with Crippen molar-refractivity contribution in [1.82, 2.24) is 14.8 Å². The van der Waals surface area contributed by atoms with E-state index in [2.05, 4.69) is 10.1 Å². The second kappa shape index (κ2) is 3.70. The van der Waals surface area contributed by atoms with Gasteiger partial charge in [-0.2, -0.15) is 5.10 Å².